The van der Waals surface area contributed by atoms with Crippen LogP contribution in [-0.2, 0) is 16.1 Å². The van der Waals surface area contributed by atoms with Gasteiger partial charge in [-0.25, -0.2) is 9.18 Å². The molecule has 71 valence electrons. The Hall–Kier alpha value is -1.84. The molecule has 0 spiro atoms. The topological polar surface area (TPSA) is 39.4 Å². The molecule has 0 fully saturated rings. The van der Waals surface area contributed by atoms with Gasteiger partial charge in [0.05, 0.1) is 0 Å². The Morgan fingerprint density at radius 2 is 2.36 bits per heavy atom. The molecule has 1 aromatic carbocycles. The summed E-state index contributed by atoms with van der Waals surface area (Å²) in [6.45, 7) is 1.24. The highest BCUT2D eigenvalue weighted by molar-refractivity contribution is 5.78. The monoisotopic (exact) mass is 193 g/mol. The van der Waals surface area contributed by atoms with Crippen LogP contribution in [0.1, 0.15) is 5.76 Å². The van der Waals surface area contributed by atoms with E-state index >= 15 is 0 Å². The molecule has 0 aliphatic heterocycles. The van der Waals surface area contributed by atoms with E-state index in [0.29, 0.717) is 11.1 Å². The van der Waals surface area contributed by atoms with E-state index in [1.165, 1.54) is 12.5 Å². The average Bonchev–Trinajstić information content (AvgIpc) is 2.59. The van der Waals surface area contributed by atoms with E-state index in [1.54, 1.807) is 18.2 Å². The summed E-state index contributed by atoms with van der Waals surface area (Å²) >= 11 is 0. The van der Waals surface area contributed by atoms with Crippen LogP contribution in [0.2, 0.25) is 0 Å². The Balaban J connectivity index is 2.41. The Morgan fingerprint density at radius 1 is 1.50 bits per heavy atom. The van der Waals surface area contributed by atoms with Gasteiger partial charge in [-0.15, -0.1) is 0 Å². The Bertz CT molecular complexity index is 461. The van der Waals surface area contributed by atoms with Crippen LogP contribution in [0.15, 0.2) is 28.7 Å². The predicted octanol–water partition coefficient (Wildman–Crippen LogP) is 2.16. The number of benzene rings is 1. The first-order valence-corrected chi connectivity index (χ1v) is 3.97. The van der Waals surface area contributed by atoms with Gasteiger partial charge in [-0.2, -0.15) is 0 Å². The molecule has 0 unspecified atom stereocenters. The third kappa shape index (κ3) is 1.46. The Kier molecular flexibility index (Phi) is 2.18. The van der Waals surface area contributed by atoms with Gasteiger partial charge in [0.2, 0.25) is 0 Å². The van der Waals surface area contributed by atoms with Gasteiger partial charge in [0, 0.05) is 5.39 Å². The number of rotatable bonds is 3. The SMILES string of the molecule is O=[C]OCc1cc2cccc(F)c2o1. The van der Waals surface area contributed by atoms with Crippen LogP contribution in [0.25, 0.3) is 11.0 Å². The van der Waals surface area contributed by atoms with Crippen molar-refractivity contribution in [3.63, 3.8) is 0 Å². The van der Waals surface area contributed by atoms with Crippen molar-refractivity contribution >= 4 is 17.4 Å². The van der Waals surface area contributed by atoms with Crippen LogP contribution < -0.4 is 0 Å². The second-order valence-electron chi connectivity index (χ2n) is 2.74. The van der Waals surface area contributed by atoms with Crippen molar-refractivity contribution in [3.05, 3.63) is 35.8 Å². The number of carbonyl (C=O) groups excluding carboxylic acids is 1. The average molecular weight is 193 g/mol. The van der Waals surface area contributed by atoms with Gasteiger partial charge in [0.15, 0.2) is 11.4 Å². The molecule has 2 aromatic rings. The fourth-order valence-corrected chi connectivity index (χ4v) is 1.25. The molecule has 2 rings (SSSR count). The normalized spacial score (nSPS) is 10.4. The van der Waals surface area contributed by atoms with Gasteiger partial charge in [-0.3, -0.25) is 0 Å². The maximum absolute atomic E-state index is 13.1. The largest absolute Gasteiger partial charge is 0.454 e. The molecule has 1 aromatic heterocycles. The number of fused-ring (bicyclic) bond motifs is 1. The Labute approximate surface area is 79.1 Å². The first-order chi connectivity index (χ1) is 6.81. The van der Waals surface area contributed by atoms with Gasteiger partial charge in [0.1, 0.15) is 12.4 Å². The van der Waals surface area contributed by atoms with E-state index in [2.05, 4.69) is 4.74 Å². The van der Waals surface area contributed by atoms with Crippen molar-refractivity contribution in [1.82, 2.24) is 0 Å². The highest BCUT2D eigenvalue weighted by atomic mass is 19.1. The summed E-state index contributed by atoms with van der Waals surface area (Å²) in [5.74, 6) is -0.0303. The van der Waals surface area contributed by atoms with Crippen LogP contribution in [-0.4, -0.2) is 6.47 Å². The van der Waals surface area contributed by atoms with Crippen LogP contribution in [0.5, 0.6) is 0 Å². The van der Waals surface area contributed by atoms with Crippen molar-refractivity contribution in [1.29, 1.82) is 0 Å². The first kappa shape index (κ1) is 8.74. The van der Waals surface area contributed by atoms with Crippen molar-refractivity contribution in [2.45, 2.75) is 6.61 Å². The van der Waals surface area contributed by atoms with E-state index in [4.69, 9.17) is 4.42 Å². The summed E-state index contributed by atoms with van der Waals surface area (Å²) in [6, 6.07) is 6.23. The van der Waals surface area contributed by atoms with Gasteiger partial charge in [-0.1, -0.05) is 12.1 Å². The fourth-order valence-electron chi connectivity index (χ4n) is 1.25. The molecule has 0 amide bonds. The highest BCUT2D eigenvalue weighted by Gasteiger charge is 2.07. The summed E-state index contributed by atoms with van der Waals surface area (Å²) in [5, 5.41) is 0.648. The summed E-state index contributed by atoms with van der Waals surface area (Å²) < 4.78 is 22.6. The molecule has 1 radical (unpaired) electrons. The maximum atomic E-state index is 13.1. The molecular weight excluding hydrogens is 187 g/mol. The first-order valence-electron chi connectivity index (χ1n) is 3.97. The van der Waals surface area contributed by atoms with E-state index in [9.17, 15) is 9.18 Å². The molecule has 0 atom stereocenters. The minimum atomic E-state index is -0.427. The molecule has 0 saturated carbocycles. The van der Waals surface area contributed by atoms with Crippen molar-refractivity contribution in [2.24, 2.45) is 0 Å². The summed E-state index contributed by atoms with van der Waals surface area (Å²) in [4.78, 5) is 9.80. The zero-order valence-corrected chi connectivity index (χ0v) is 7.12. The van der Waals surface area contributed by atoms with Crippen LogP contribution in [0.4, 0.5) is 4.39 Å². The summed E-state index contributed by atoms with van der Waals surface area (Å²) in [5.41, 5.74) is 0.178. The van der Waals surface area contributed by atoms with Crippen LogP contribution in [0.3, 0.4) is 0 Å². The number of hydrogen-bond donors (Lipinski definition) is 0. The van der Waals surface area contributed by atoms with Crippen molar-refractivity contribution in [2.75, 3.05) is 0 Å². The van der Waals surface area contributed by atoms with Gasteiger partial charge in [-0.05, 0) is 12.1 Å². The molecular formula is C10H6FO3. The summed E-state index contributed by atoms with van der Waals surface area (Å²) in [6.07, 6.45) is 0. The molecule has 0 saturated heterocycles. The lowest BCUT2D eigenvalue weighted by Gasteiger charge is -1.90. The molecule has 14 heavy (non-hydrogen) atoms. The molecule has 0 bridgehead atoms. The number of halogens is 1. The van der Waals surface area contributed by atoms with E-state index in [0.717, 1.165) is 0 Å². The van der Waals surface area contributed by atoms with Gasteiger partial charge in [0.25, 0.3) is 0 Å². The molecule has 4 heteroatoms. The fraction of sp³-hybridized carbons (Fsp3) is 0.100. The molecule has 0 aliphatic carbocycles. The summed E-state index contributed by atoms with van der Waals surface area (Å²) in [7, 11) is 0. The van der Waals surface area contributed by atoms with Crippen molar-refractivity contribution < 1.29 is 18.3 Å². The van der Waals surface area contributed by atoms with E-state index < -0.39 is 5.82 Å². The third-order valence-electron chi connectivity index (χ3n) is 1.82. The second kappa shape index (κ2) is 3.49. The molecule has 0 N–H and O–H groups in total. The standard InChI is InChI=1S/C10H6FO3/c11-9-3-1-2-7-4-8(5-13-6-12)14-10(7)9/h1-4H,5H2. The van der Waals surface area contributed by atoms with Crippen molar-refractivity contribution in [3.8, 4) is 0 Å². The third-order valence-corrected chi connectivity index (χ3v) is 1.82. The number of furan rings is 1. The molecule has 3 nitrogen and oxygen atoms in total. The van der Waals surface area contributed by atoms with Gasteiger partial charge < -0.3 is 9.15 Å². The second-order valence-corrected chi connectivity index (χ2v) is 2.74. The smallest absolute Gasteiger partial charge is 0.417 e. The lowest BCUT2D eigenvalue weighted by atomic mass is 10.2. The predicted molar refractivity (Wildman–Crippen MR) is 46.7 cm³/mol. The minimum Gasteiger partial charge on any atom is -0.454 e. The maximum Gasteiger partial charge on any atom is 0.417 e. The number of para-hydroxylation sites is 1. The minimum absolute atomic E-state index is 0.0301. The zero-order chi connectivity index (χ0) is 9.97. The lowest BCUT2D eigenvalue weighted by Crippen LogP contribution is -1.85. The Morgan fingerprint density at radius 3 is 3.07 bits per heavy atom. The molecule has 0 aliphatic rings. The van der Waals surface area contributed by atoms with E-state index in [-0.39, 0.29) is 12.2 Å². The lowest BCUT2D eigenvalue weighted by molar-refractivity contribution is 0.242. The van der Waals surface area contributed by atoms with E-state index in [1.807, 2.05) is 0 Å². The quantitative estimate of drug-likeness (QED) is 0.749. The highest BCUT2D eigenvalue weighted by Crippen LogP contribution is 2.22. The number of hydrogen-bond acceptors (Lipinski definition) is 3. The van der Waals surface area contributed by atoms with Crippen LogP contribution >= 0.6 is 0 Å². The number of ether oxygens (including phenoxy) is 1. The molecule has 1 heterocycles. The van der Waals surface area contributed by atoms with Crippen LogP contribution in [0, 0.1) is 5.82 Å². The zero-order valence-electron chi connectivity index (χ0n) is 7.12. The van der Waals surface area contributed by atoms with Gasteiger partial charge >= 0.3 is 6.47 Å².